The zero-order valence-corrected chi connectivity index (χ0v) is 16.6. The number of hydrogen-bond donors (Lipinski definition) is 0. The molecule has 0 bridgehead atoms. The highest BCUT2D eigenvalue weighted by molar-refractivity contribution is 5.27. The van der Waals surface area contributed by atoms with Crippen LogP contribution in [0.4, 0.5) is 0 Å². The van der Waals surface area contributed by atoms with Gasteiger partial charge in [0, 0.05) is 62.1 Å². The molecule has 3 aromatic heterocycles. The average Bonchev–Trinajstić information content (AvgIpc) is 3.21. The SMILES string of the molecule is CN(CCc1ccccn1)[C@H]1CCCN(Cc2cccn2-c2ccccn2)C1. The van der Waals surface area contributed by atoms with Crippen LogP contribution >= 0.6 is 0 Å². The molecule has 1 saturated heterocycles. The van der Waals surface area contributed by atoms with Crippen molar-refractivity contribution in [3.8, 4) is 5.82 Å². The second-order valence-corrected chi connectivity index (χ2v) is 7.64. The molecule has 5 heteroatoms. The van der Waals surface area contributed by atoms with E-state index in [0.717, 1.165) is 38.4 Å². The van der Waals surface area contributed by atoms with Crippen molar-refractivity contribution < 1.29 is 0 Å². The lowest BCUT2D eigenvalue weighted by molar-refractivity contribution is 0.111. The number of hydrogen-bond acceptors (Lipinski definition) is 4. The van der Waals surface area contributed by atoms with E-state index in [1.807, 2.05) is 30.6 Å². The lowest BCUT2D eigenvalue weighted by atomic mass is 10.0. The molecular weight excluding hydrogens is 346 g/mol. The van der Waals surface area contributed by atoms with Gasteiger partial charge in [0.2, 0.25) is 0 Å². The van der Waals surface area contributed by atoms with Crippen molar-refractivity contribution in [2.45, 2.75) is 31.8 Å². The minimum absolute atomic E-state index is 0.607. The molecule has 0 radical (unpaired) electrons. The van der Waals surface area contributed by atoms with Crippen LogP contribution in [-0.4, -0.2) is 57.1 Å². The second kappa shape index (κ2) is 9.13. The minimum Gasteiger partial charge on any atom is -0.304 e. The van der Waals surface area contributed by atoms with Gasteiger partial charge in [-0.3, -0.25) is 9.88 Å². The molecule has 4 heterocycles. The van der Waals surface area contributed by atoms with Gasteiger partial charge < -0.3 is 9.47 Å². The summed E-state index contributed by atoms with van der Waals surface area (Å²) in [7, 11) is 2.26. The quantitative estimate of drug-likeness (QED) is 0.634. The first-order chi connectivity index (χ1) is 13.8. The molecule has 146 valence electrons. The molecule has 0 aromatic carbocycles. The minimum atomic E-state index is 0.607. The first-order valence-corrected chi connectivity index (χ1v) is 10.2. The van der Waals surface area contributed by atoms with Gasteiger partial charge in [-0.05, 0) is 62.8 Å². The van der Waals surface area contributed by atoms with Crippen LogP contribution in [-0.2, 0) is 13.0 Å². The number of aromatic nitrogens is 3. The number of piperidine rings is 1. The standard InChI is InChI=1S/C23H29N5/c1-26(17-12-20-8-2-4-13-24-20)21-9-6-15-27(18-21)19-22-10-7-16-28(22)23-11-3-5-14-25-23/h2-5,7-8,10-11,13-14,16,21H,6,9,12,15,17-19H2,1H3/t21-/m0/s1. The van der Waals surface area contributed by atoms with E-state index in [0.29, 0.717) is 6.04 Å². The highest BCUT2D eigenvalue weighted by Gasteiger charge is 2.23. The van der Waals surface area contributed by atoms with Crippen LogP contribution in [0.5, 0.6) is 0 Å². The Morgan fingerprint density at radius 2 is 1.89 bits per heavy atom. The van der Waals surface area contributed by atoms with E-state index < -0.39 is 0 Å². The van der Waals surface area contributed by atoms with E-state index in [2.05, 4.69) is 67.9 Å². The van der Waals surface area contributed by atoms with Gasteiger partial charge in [0.25, 0.3) is 0 Å². The zero-order chi connectivity index (χ0) is 19.2. The predicted molar refractivity (Wildman–Crippen MR) is 112 cm³/mol. The average molecular weight is 376 g/mol. The molecule has 3 aromatic rings. The summed E-state index contributed by atoms with van der Waals surface area (Å²) in [6.07, 6.45) is 9.38. The van der Waals surface area contributed by atoms with E-state index in [4.69, 9.17) is 0 Å². The molecule has 0 N–H and O–H groups in total. The number of rotatable bonds is 7. The van der Waals surface area contributed by atoms with E-state index in [-0.39, 0.29) is 0 Å². The topological polar surface area (TPSA) is 37.2 Å². The summed E-state index contributed by atoms with van der Waals surface area (Å²) in [5.41, 5.74) is 2.48. The van der Waals surface area contributed by atoms with Crippen molar-refractivity contribution in [3.63, 3.8) is 0 Å². The fourth-order valence-corrected chi connectivity index (χ4v) is 4.05. The van der Waals surface area contributed by atoms with Crippen LogP contribution in [0.3, 0.4) is 0 Å². The smallest absolute Gasteiger partial charge is 0.136 e. The van der Waals surface area contributed by atoms with Crippen molar-refractivity contribution in [3.05, 3.63) is 78.5 Å². The Bertz CT molecular complexity index is 846. The predicted octanol–water partition coefficient (Wildman–Crippen LogP) is 3.41. The third-order valence-corrected chi connectivity index (χ3v) is 5.67. The number of nitrogens with zero attached hydrogens (tertiary/aromatic N) is 5. The highest BCUT2D eigenvalue weighted by Crippen LogP contribution is 2.19. The van der Waals surface area contributed by atoms with Crippen molar-refractivity contribution in [1.82, 2.24) is 24.3 Å². The largest absolute Gasteiger partial charge is 0.304 e. The monoisotopic (exact) mass is 375 g/mol. The van der Waals surface area contributed by atoms with Gasteiger partial charge in [-0.1, -0.05) is 12.1 Å². The van der Waals surface area contributed by atoms with Crippen molar-refractivity contribution >= 4 is 0 Å². The number of likely N-dealkylation sites (N-methyl/N-ethyl adjacent to an activating group) is 1. The molecule has 1 atom stereocenters. The van der Waals surface area contributed by atoms with E-state index in [1.165, 1.54) is 24.2 Å². The lowest BCUT2D eigenvalue weighted by Gasteiger charge is -2.37. The van der Waals surface area contributed by atoms with Crippen LogP contribution in [0, 0.1) is 0 Å². The van der Waals surface area contributed by atoms with Gasteiger partial charge in [0.1, 0.15) is 5.82 Å². The molecule has 5 nitrogen and oxygen atoms in total. The van der Waals surface area contributed by atoms with E-state index in [9.17, 15) is 0 Å². The van der Waals surface area contributed by atoms with Crippen LogP contribution < -0.4 is 0 Å². The summed E-state index contributed by atoms with van der Waals surface area (Å²) in [6.45, 7) is 4.30. The first kappa shape index (κ1) is 18.8. The van der Waals surface area contributed by atoms with E-state index in [1.54, 1.807) is 0 Å². The highest BCUT2D eigenvalue weighted by atomic mass is 15.2. The molecule has 0 aliphatic carbocycles. The Labute approximate surface area is 167 Å². The van der Waals surface area contributed by atoms with Gasteiger partial charge in [0.05, 0.1) is 0 Å². The summed E-state index contributed by atoms with van der Waals surface area (Å²) >= 11 is 0. The van der Waals surface area contributed by atoms with Gasteiger partial charge in [-0.15, -0.1) is 0 Å². The molecule has 28 heavy (non-hydrogen) atoms. The normalized spacial score (nSPS) is 17.9. The number of likely N-dealkylation sites (tertiary alicyclic amines) is 1. The molecule has 1 aliphatic rings. The third-order valence-electron chi connectivity index (χ3n) is 5.67. The van der Waals surface area contributed by atoms with E-state index >= 15 is 0 Å². The molecule has 1 aliphatic heterocycles. The van der Waals surface area contributed by atoms with Crippen molar-refractivity contribution in [1.29, 1.82) is 0 Å². The zero-order valence-electron chi connectivity index (χ0n) is 16.6. The maximum Gasteiger partial charge on any atom is 0.136 e. The van der Waals surface area contributed by atoms with Crippen molar-refractivity contribution in [2.24, 2.45) is 0 Å². The molecule has 0 amide bonds. The van der Waals surface area contributed by atoms with Crippen LogP contribution in [0.1, 0.15) is 24.2 Å². The maximum absolute atomic E-state index is 4.50. The summed E-state index contributed by atoms with van der Waals surface area (Å²) in [4.78, 5) is 14.1. The Morgan fingerprint density at radius 1 is 1.04 bits per heavy atom. The van der Waals surface area contributed by atoms with Gasteiger partial charge in [-0.2, -0.15) is 0 Å². The number of pyridine rings is 2. The van der Waals surface area contributed by atoms with Gasteiger partial charge >= 0.3 is 0 Å². The summed E-state index contributed by atoms with van der Waals surface area (Å²) < 4.78 is 2.20. The molecular formula is C23H29N5. The van der Waals surface area contributed by atoms with Crippen LogP contribution in [0.15, 0.2) is 67.1 Å². The Balaban J connectivity index is 1.35. The molecule has 0 spiro atoms. The lowest BCUT2D eigenvalue weighted by Crippen LogP contribution is -2.46. The molecule has 0 unspecified atom stereocenters. The third kappa shape index (κ3) is 4.66. The first-order valence-electron chi connectivity index (χ1n) is 10.2. The molecule has 0 saturated carbocycles. The maximum atomic E-state index is 4.50. The summed E-state index contributed by atoms with van der Waals surface area (Å²) in [5.74, 6) is 0.989. The van der Waals surface area contributed by atoms with Crippen LogP contribution in [0.2, 0.25) is 0 Å². The summed E-state index contributed by atoms with van der Waals surface area (Å²) in [5, 5.41) is 0. The van der Waals surface area contributed by atoms with Gasteiger partial charge in [0.15, 0.2) is 0 Å². The summed E-state index contributed by atoms with van der Waals surface area (Å²) in [6, 6.07) is 17.2. The Morgan fingerprint density at radius 3 is 2.68 bits per heavy atom. The Hall–Kier alpha value is -2.50. The fraction of sp³-hybridized carbons (Fsp3) is 0.391. The second-order valence-electron chi connectivity index (χ2n) is 7.64. The van der Waals surface area contributed by atoms with Gasteiger partial charge in [-0.25, -0.2) is 4.98 Å². The molecule has 4 rings (SSSR count). The fourth-order valence-electron chi connectivity index (χ4n) is 4.05. The Kier molecular flexibility index (Phi) is 6.14. The molecule has 1 fully saturated rings. The van der Waals surface area contributed by atoms with Crippen LogP contribution in [0.25, 0.3) is 5.82 Å². The van der Waals surface area contributed by atoms with Crippen molar-refractivity contribution in [2.75, 3.05) is 26.7 Å².